The average Bonchev–Trinajstić information content (AvgIpc) is 2.53. The average molecular weight is 308 g/mol. The zero-order valence-corrected chi connectivity index (χ0v) is 12.6. The van der Waals surface area contributed by atoms with E-state index in [0.717, 1.165) is 11.3 Å². The van der Waals surface area contributed by atoms with Crippen LogP contribution in [-0.4, -0.2) is 20.3 Å². The maximum atomic E-state index is 6.19. The molecule has 0 radical (unpaired) electrons. The second-order valence-corrected chi connectivity index (χ2v) is 4.73. The third-order valence-corrected chi connectivity index (χ3v) is 3.15. The molecular weight excluding hydrogens is 290 g/mol. The Hall–Kier alpha value is -1.91. The molecule has 2 aromatic carbocycles. The van der Waals surface area contributed by atoms with Gasteiger partial charge < -0.3 is 19.9 Å². The predicted molar refractivity (Wildman–Crippen MR) is 83.3 cm³/mol. The lowest BCUT2D eigenvalue weighted by molar-refractivity contribution is 0.211. The van der Waals surface area contributed by atoms with Gasteiger partial charge in [0.15, 0.2) is 11.5 Å². The lowest BCUT2D eigenvalue weighted by atomic mass is 10.2. The van der Waals surface area contributed by atoms with Crippen LogP contribution in [0.5, 0.6) is 17.2 Å². The summed E-state index contributed by atoms with van der Waals surface area (Å²) >= 11 is 6.19. The molecule has 5 heteroatoms. The van der Waals surface area contributed by atoms with Gasteiger partial charge in [-0.2, -0.15) is 0 Å². The first-order valence-corrected chi connectivity index (χ1v) is 6.99. The Bertz CT molecular complexity index is 575. The molecule has 21 heavy (non-hydrogen) atoms. The number of ether oxygens (including phenoxy) is 3. The quantitative estimate of drug-likeness (QED) is 0.798. The van der Waals surface area contributed by atoms with E-state index in [1.807, 2.05) is 36.4 Å². The summed E-state index contributed by atoms with van der Waals surface area (Å²) < 4.78 is 16.5. The van der Waals surface area contributed by atoms with Crippen LogP contribution in [-0.2, 0) is 6.54 Å². The van der Waals surface area contributed by atoms with Gasteiger partial charge in [-0.15, -0.1) is 0 Å². The molecule has 2 aromatic rings. The summed E-state index contributed by atoms with van der Waals surface area (Å²) in [5, 5.41) is 0.481. The molecule has 0 heterocycles. The van der Waals surface area contributed by atoms with Crippen molar-refractivity contribution in [3.63, 3.8) is 0 Å². The van der Waals surface area contributed by atoms with Crippen molar-refractivity contribution in [2.45, 2.75) is 6.54 Å². The van der Waals surface area contributed by atoms with Gasteiger partial charge in [0, 0.05) is 6.54 Å². The second kappa shape index (κ2) is 7.76. The Labute approximate surface area is 129 Å². The van der Waals surface area contributed by atoms with Crippen molar-refractivity contribution in [3.05, 3.63) is 53.1 Å². The number of rotatable bonds is 7. The van der Waals surface area contributed by atoms with E-state index in [1.165, 1.54) is 0 Å². The van der Waals surface area contributed by atoms with Crippen LogP contribution in [0.15, 0.2) is 42.5 Å². The normalized spacial score (nSPS) is 10.2. The fourth-order valence-corrected chi connectivity index (χ4v) is 2.14. The summed E-state index contributed by atoms with van der Waals surface area (Å²) in [6.45, 7) is 1.18. The van der Waals surface area contributed by atoms with Crippen molar-refractivity contribution in [2.24, 2.45) is 5.73 Å². The van der Waals surface area contributed by atoms with Crippen molar-refractivity contribution in [1.29, 1.82) is 0 Å². The summed E-state index contributed by atoms with van der Waals surface area (Å²) in [5.41, 5.74) is 6.50. The number of hydrogen-bond acceptors (Lipinski definition) is 4. The number of halogens is 1. The fourth-order valence-electron chi connectivity index (χ4n) is 1.85. The first-order chi connectivity index (χ1) is 10.2. The molecule has 0 aromatic heterocycles. The van der Waals surface area contributed by atoms with E-state index >= 15 is 0 Å². The summed E-state index contributed by atoms with van der Waals surface area (Å²) in [4.78, 5) is 0. The molecule has 0 aliphatic rings. The largest absolute Gasteiger partial charge is 0.493 e. The minimum Gasteiger partial charge on any atom is -0.493 e. The third-order valence-electron chi connectivity index (χ3n) is 2.87. The highest BCUT2D eigenvalue weighted by molar-refractivity contribution is 6.32. The zero-order valence-electron chi connectivity index (χ0n) is 11.8. The lowest BCUT2D eigenvalue weighted by Gasteiger charge is -2.14. The van der Waals surface area contributed by atoms with Gasteiger partial charge in [-0.25, -0.2) is 0 Å². The summed E-state index contributed by atoms with van der Waals surface area (Å²) in [7, 11) is 1.57. The van der Waals surface area contributed by atoms with E-state index in [-0.39, 0.29) is 0 Å². The highest BCUT2D eigenvalue weighted by Crippen LogP contribution is 2.36. The van der Waals surface area contributed by atoms with Crippen LogP contribution in [0.1, 0.15) is 5.56 Å². The summed E-state index contributed by atoms with van der Waals surface area (Å²) in [5.74, 6) is 1.88. The molecular formula is C16H18ClNO3. The van der Waals surface area contributed by atoms with Gasteiger partial charge in [-0.3, -0.25) is 0 Å². The van der Waals surface area contributed by atoms with E-state index in [0.29, 0.717) is 36.3 Å². The van der Waals surface area contributed by atoms with E-state index in [1.54, 1.807) is 13.2 Å². The Morgan fingerprint density at radius 2 is 1.76 bits per heavy atom. The molecule has 4 nitrogen and oxygen atoms in total. The van der Waals surface area contributed by atoms with Crippen molar-refractivity contribution < 1.29 is 14.2 Å². The maximum Gasteiger partial charge on any atom is 0.179 e. The first kappa shape index (κ1) is 15.5. The van der Waals surface area contributed by atoms with E-state index in [2.05, 4.69) is 0 Å². The van der Waals surface area contributed by atoms with Gasteiger partial charge in [-0.05, 0) is 29.8 Å². The topological polar surface area (TPSA) is 53.7 Å². The standard InChI is InChI=1S/C16H18ClNO3/c1-19-15-10-12(11-18)9-14(17)16(15)21-8-7-20-13-5-3-2-4-6-13/h2-6,9-10H,7-8,11,18H2,1H3. The van der Waals surface area contributed by atoms with Crippen molar-refractivity contribution in [3.8, 4) is 17.2 Å². The van der Waals surface area contributed by atoms with Gasteiger partial charge in [0.2, 0.25) is 0 Å². The number of para-hydroxylation sites is 1. The Kier molecular flexibility index (Phi) is 5.72. The molecule has 0 aliphatic heterocycles. The van der Waals surface area contributed by atoms with Gasteiger partial charge in [0.1, 0.15) is 19.0 Å². The zero-order chi connectivity index (χ0) is 15.1. The summed E-state index contributed by atoms with van der Waals surface area (Å²) in [6, 6.07) is 13.2. The molecule has 112 valence electrons. The molecule has 0 spiro atoms. The van der Waals surface area contributed by atoms with Crippen LogP contribution < -0.4 is 19.9 Å². The molecule has 0 bridgehead atoms. The van der Waals surface area contributed by atoms with E-state index in [4.69, 9.17) is 31.5 Å². The van der Waals surface area contributed by atoms with Gasteiger partial charge >= 0.3 is 0 Å². The van der Waals surface area contributed by atoms with Gasteiger partial charge in [0.05, 0.1) is 12.1 Å². The Balaban J connectivity index is 1.93. The van der Waals surface area contributed by atoms with Crippen LogP contribution in [0.25, 0.3) is 0 Å². The van der Waals surface area contributed by atoms with Crippen LogP contribution in [0, 0.1) is 0 Å². The third kappa shape index (κ3) is 4.28. The van der Waals surface area contributed by atoms with Crippen molar-refractivity contribution >= 4 is 11.6 Å². The van der Waals surface area contributed by atoms with Crippen molar-refractivity contribution in [2.75, 3.05) is 20.3 Å². The maximum absolute atomic E-state index is 6.19. The monoisotopic (exact) mass is 307 g/mol. The van der Waals surface area contributed by atoms with Gasteiger partial charge in [-0.1, -0.05) is 29.8 Å². The van der Waals surface area contributed by atoms with Gasteiger partial charge in [0.25, 0.3) is 0 Å². The van der Waals surface area contributed by atoms with Crippen LogP contribution >= 0.6 is 11.6 Å². The van der Waals surface area contributed by atoms with Crippen LogP contribution in [0.2, 0.25) is 5.02 Å². The highest BCUT2D eigenvalue weighted by Gasteiger charge is 2.11. The van der Waals surface area contributed by atoms with Crippen LogP contribution in [0.4, 0.5) is 0 Å². The Morgan fingerprint density at radius 3 is 2.43 bits per heavy atom. The number of hydrogen-bond donors (Lipinski definition) is 1. The molecule has 0 saturated carbocycles. The minimum atomic E-state index is 0.368. The fraction of sp³-hybridized carbons (Fsp3) is 0.250. The highest BCUT2D eigenvalue weighted by atomic mass is 35.5. The molecule has 0 saturated heterocycles. The molecule has 2 N–H and O–H groups in total. The molecule has 0 unspecified atom stereocenters. The smallest absolute Gasteiger partial charge is 0.179 e. The molecule has 0 atom stereocenters. The first-order valence-electron chi connectivity index (χ1n) is 6.61. The molecule has 0 aliphatic carbocycles. The molecule has 0 amide bonds. The molecule has 0 fully saturated rings. The second-order valence-electron chi connectivity index (χ2n) is 4.32. The van der Waals surface area contributed by atoms with Crippen molar-refractivity contribution in [1.82, 2.24) is 0 Å². The predicted octanol–water partition coefficient (Wildman–Crippen LogP) is 3.27. The van der Waals surface area contributed by atoms with E-state index < -0.39 is 0 Å². The minimum absolute atomic E-state index is 0.368. The number of methoxy groups -OCH3 is 1. The Morgan fingerprint density at radius 1 is 1.05 bits per heavy atom. The van der Waals surface area contributed by atoms with E-state index in [9.17, 15) is 0 Å². The number of nitrogens with two attached hydrogens (primary N) is 1. The van der Waals surface area contributed by atoms with Crippen LogP contribution in [0.3, 0.4) is 0 Å². The SMILES string of the molecule is COc1cc(CN)cc(Cl)c1OCCOc1ccccc1. The summed E-state index contributed by atoms with van der Waals surface area (Å²) in [6.07, 6.45) is 0. The number of benzene rings is 2. The molecule has 2 rings (SSSR count). The lowest BCUT2D eigenvalue weighted by Crippen LogP contribution is -2.10.